The van der Waals surface area contributed by atoms with Crippen molar-refractivity contribution in [3.63, 3.8) is 0 Å². The molecular weight excluding hydrogens is 294 g/mol. The molecule has 1 amide bonds. The summed E-state index contributed by atoms with van der Waals surface area (Å²) in [4.78, 5) is 26.1. The number of ether oxygens (including phenoxy) is 1. The number of hydrogen-bond donors (Lipinski definition) is 1. The monoisotopic (exact) mass is 313 g/mol. The van der Waals surface area contributed by atoms with E-state index in [9.17, 15) is 14.7 Å². The van der Waals surface area contributed by atoms with E-state index in [1.54, 1.807) is 11.0 Å². The third-order valence-electron chi connectivity index (χ3n) is 4.54. The molecule has 1 aliphatic heterocycles. The van der Waals surface area contributed by atoms with Crippen LogP contribution in [0.3, 0.4) is 0 Å². The van der Waals surface area contributed by atoms with Crippen molar-refractivity contribution in [3.8, 4) is 0 Å². The number of likely N-dealkylation sites (tertiary alicyclic amines) is 1. The number of benzene rings is 2. The number of amides is 1. The van der Waals surface area contributed by atoms with E-state index in [4.69, 9.17) is 4.74 Å². The van der Waals surface area contributed by atoms with E-state index in [0.29, 0.717) is 18.5 Å². The lowest BCUT2D eigenvalue weighted by Crippen LogP contribution is -2.40. The van der Waals surface area contributed by atoms with Crippen molar-refractivity contribution in [1.29, 1.82) is 0 Å². The van der Waals surface area contributed by atoms with Crippen LogP contribution >= 0.6 is 0 Å². The van der Waals surface area contributed by atoms with Gasteiger partial charge in [0.15, 0.2) is 0 Å². The van der Waals surface area contributed by atoms with Crippen LogP contribution in [-0.4, -0.2) is 48.7 Å². The van der Waals surface area contributed by atoms with E-state index in [1.165, 1.54) is 7.11 Å². The highest BCUT2D eigenvalue weighted by Crippen LogP contribution is 2.33. The lowest BCUT2D eigenvalue weighted by molar-refractivity contribution is -0.151. The molecule has 1 aliphatic rings. The van der Waals surface area contributed by atoms with Gasteiger partial charge in [-0.2, -0.15) is 0 Å². The Hall–Kier alpha value is -2.40. The Labute approximate surface area is 134 Å². The SMILES string of the molecule is COCC1(C(=O)O)CCN(C(=O)c2cccc3ccccc23)C1. The summed E-state index contributed by atoms with van der Waals surface area (Å²) in [6.45, 7) is 0.720. The molecule has 0 spiro atoms. The number of hydrogen-bond acceptors (Lipinski definition) is 3. The Kier molecular flexibility index (Phi) is 4.05. The van der Waals surface area contributed by atoms with E-state index in [2.05, 4.69) is 0 Å². The molecule has 0 bridgehead atoms. The Morgan fingerprint density at radius 2 is 1.96 bits per heavy atom. The number of fused-ring (bicyclic) bond motifs is 1. The number of rotatable bonds is 4. The zero-order valence-electron chi connectivity index (χ0n) is 13.0. The summed E-state index contributed by atoms with van der Waals surface area (Å²) in [7, 11) is 1.49. The van der Waals surface area contributed by atoms with Crippen LogP contribution in [0.2, 0.25) is 0 Å². The van der Waals surface area contributed by atoms with Gasteiger partial charge in [-0.25, -0.2) is 0 Å². The van der Waals surface area contributed by atoms with Gasteiger partial charge in [0.05, 0.1) is 6.61 Å². The number of carbonyl (C=O) groups excluding carboxylic acids is 1. The van der Waals surface area contributed by atoms with Crippen LogP contribution in [0, 0.1) is 5.41 Å². The minimum Gasteiger partial charge on any atom is -0.481 e. The summed E-state index contributed by atoms with van der Waals surface area (Å²) in [5, 5.41) is 11.4. The third-order valence-corrected chi connectivity index (χ3v) is 4.54. The predicted octanol–water partition coefficient (Wildman–Crippen LogP) is 2.40. The van der Waals surface area contributed by atoms with Gasteiger partial charge in [-0.1, -0.05) is 36.4 Å². The standard InChI is InChI=1S/C18H19NO4/c1-23-12-18(17(21)22)9-10-19(11-18)16(20)15-8-4-6-13-5-2-3-7-14(13)15/h2-8H,9-12H2,1H3,(H,21,22). The van der Waals surface area contributed by atoms with Gasteiger partial charge in [0.25, 0.3) is 5.91 Å². The fourth-order valence-corrected chi connectivity index (χ4v) is 3.26. The maximum atomic E-state index is 12.9. The second-order valence-corrected chi connectivity index (χ2v) is 6.02. The lowest BCUT2D eigenvalue weighted by atomic mass is 9.88. The zero-order valence-corrected chi connectivity index (χ0v) is 13.0. The van der Waals surface area contributed by atoms with Crippen LogP contribution < -0.4 is 0 Å². The molecule has 1 fully saturated rings. The summed E-state index contributed by atoms with van der Waals surface area (Å²) < 4.78 is 5.08. The van der Waals surface area contributed by atoms with Crippen LogP contribution in [0.5, 0.6) is 0 Å². The fraction of sp³-hybridized carbons (Fsp3) is 0.333. The Balaban J connectivity index is 1.91. The molecule has 1 saturated heterocycles. The highest BCUT2D eigenvalue weighted by Gasteiger charge is 2.46. The van der Waals surface area contributed by atoms with E-state index in [1.807, 2.05) is 36.4 Å². The molecule has 1 heterocycles. The van der Waals surface area contributed by atoms with Crippen molar-refractivity contribution < 1.29 is 19.4 Å². The highest BCUT2D eigenvalue weighted by atomic mass is 16.5. The maximum Gasteiger partial charge on any atom is 0.313 e. The van der Waals surface area contributed by atoms with E-state index < -0.39 is 11.4 Å². The fourth-order valence-electron chi connectivity index (χ4n) is 3.26. The second-order valence-electron chi connectivity index (χ2n) is 6.02. The third kappa shape index (κ3) is 2.68. The Bertz CT molecular complexity index is 752. The molecule has 0 saturated carbocycles. The van der Waals surface area contributed by atoms with Gasteiger partial charge in [-0.15, -0.1) is 0 Å². The number of aliphatic carboxylic acids is 1. The number of carboxylic acids is 1. The molecule has 3 rings (SSSR count). The summed E-state index contributed by atoms with van der Waals surface area (Å²) in [6.07, 6.45) is 0.409. The molecule has 5 nitrogen and oxygen atoms in total. The van der Waals surface area contributed by atoms with Crippen LogP contribution in [0.1, 0.15) is 16.8 Å². The molecule has 2 aromatic carbocycles. The van der Waals surface area contributed by atoms with E-state index >= 15 is 0 Å². The molecular formula is C18H19NO4. The topological polar surface area (TPSA) is 66.8 Å². The van der Waals surface area contributed by atoms with Crippen LogP contribution in [0.15, 0.2) is 42.5 Å². The lowest BCUT2D eigenvalue weighted by Gasteiger charge is -2.24. The summed E-state index contributed by atoms with van der Waals surface area (Å²) in [5.41, 5.74) is -0.392. The molecule has 0 aromatic heterocycles. The van der Waals surface area contributed by atoms with Crippen molar-refractivity contribution >= 4 is 22.6 Å². The normalized spacial score (nSPS) is 20.8. The van der Waals surface area contributed by atoms with Gasteiger partial charge in [-0.05, 0) is 23.3 Å². The molecule has 120 valence electrons. The Morgan fingerprint density at radius 3 is 2.70 bits per heavy atom. The molecule has 0 radical (unpaired) electrons. The van der Waals surface area contributed by atoms with Crippen LogP contribution in [-0.2, 0) is 9.53 Å². The smallest absolute Gasteiger partial charge is 0.313 e. The molecule has 1 unspecified atom stereocenters. The molecule has 1 atom stereocenters. The number of carbonyl (C=O) groups is 2. The average Bonchev–Trinajstić information content (AvgIpc) is 3.00. The van der Waals surface area contributed by atoms with E-state index in [0.717, 1.165) is 10.8 Å². The zero-order chi connectivity index (χ0) is 16.4. The first-order valence-corrected chi connectivity index (χ1v) is 7.57. The largest absolute Gasteiger partial charge is 0.481 e. The van der Waals surface area contributed by atoms with Gasteiger partial charge < -0.3 is 14.7 Å². The van der Waals surface area contributed by atoms with Gasteiger partial charge in [-0.3, -0.25) is 9.59 Å². The summed E-state index contributed by atoms with van der Waals surface area (Å²) in [6, 6.07) is 13.3. The van der Waals surface area contributed by atoms with Crippen LogP contribution in [0.4, 0.5) is 0 Å². The first-order valence-electron chi connectivity index (χ1n) is 7.57. The van der Waals surface area contributed by atoms with Gasteiger partial charge >= 0.3 is 5.97 Å². The van der Waals surface area contributed by atoms with Crippen molar-refractivity contribution in [2.75, 3.05) is 26.8 Å². The molecule has 23 heavy (non-hydrogen) atoms. The van der Waals surface area contributed by atoms with E-state index in [-0.39, 0.29) is 19.1 Å². The van der Waals surface area contributed by atoms with Crippen molar-refractivity contribution in [1.82, 2.24) is 4.90 Å². The minimum atomic E-state index is -1.00. The number of nitrogens with zero attached hydrogens (tertiary/aromatic N) is 1. The second kappa shape index (κ2) is 6.01. The Morgan fingerprint density at radius 1 is 1.22 bits per heavy atom. The summed E-state index contributed by atoms with van der Waals surface area (Å²) >= 11 is 0. The first-order chi connectivity index (χ1) is 11.1. The molecule has 2 aromatic rings. The van der Waals surface area contributed by atoms with Gasteiger partial charge in [0.1, 0.15) is 5.41 Å². The molecule has 5 heteroatoms. The van der Waals surface area contributed by atoms with Crippen molar-refractivity contribution in [3.05, 3.63) is 48.0 Å². The van der Waals surface area contributed by atoms with Crippen molar-refractivity contribution in [2.45, 2.75) is 6.42 Å². The predicted molar refractivity (Wildman–Crippen MR) is 86.4 cm³/mol. The highest BCUT2D eigenvalue weighted by molar-refractivity contribution is 6.07. The minimum absolute atomic E-state index is 0.113. The quantitative estimate of drug-likeness (QED) is 0.941. The van der Waals surface area contributed by atoms with Gasteiger partial charge in [0.2, 0.25) is 0 Å². The number of carboxylic acid groups (broad SMARTS) is 1. The molecule has 0 aliphatic carbocycles. The maximum absolute atomic E-state index is 12.9. The molecule has 1 N–H and O–H groups in total. The summed E-state index contributed by atoms with van der Waals surface area (Å²) in [5.74, 6) is -1.03. The van der Waals surface area contributed by atoms with Crippen molar-refractivity contribution in [2.24, 2.45) is 5.41 Å². The van der Waals surface area contributed by atoms with Crippen LogP contribution in [0.25, 0.3) is 10.8 Å². The van der Waals surface area contributed by atoms with Gasteiger partial charge in [0, 0.05) is 25.8 Å². The number of methoxy groups -OCH3 is 1. The first kappa shape index (κ1) is 15.5. The average molecular weight is 313 g/mol.